The van der Waals surface area contributed by atoms with Crippen LogP contribution in [0.2, 0.25) is 0 Å². The van der Waals surface area contributed by atoms with Crippen molar-refractivity contribution in [2.75, 3.05) is 0 Å². The van der Waals surface area contributed by atoms with E-state index in [0.29, 0.717) is 0 Å². The van der Waals surface area contributed by atoms with Crippen molar-refractivity contribution in [3.63, 3.8) is 0 Å². The summed E-state index contributed by atoms with van der Waals surface area (Å²) in [6.45, 7) is 6.94. The van der Waals surface area contributed by atoms with E-state index in [-0.39, 0.29) is 5.41 Å². The van der Waals surface area contributed by atoms with E-state index in [1.807, 2.05) is 11.8 Å². The van der Waals surface area contributed by atoms with Gasteiger partial charge in [-0.2, -0.15) is 0 Å². The molecule has 0 bridgehead atoms. The predicted molar refractivity (Wildman–Crippen MR) is 100 cm³/mol. The van der Waals surface area contributed by atoms with Crippen LogP contribution in [0.5, 0.6) is 0 Å². The maximum atomic E-state index is 2.36. The van der Waals surface area contributed by atoms with Crippen LogP contribution in [0.15, 0.2) is 70.6 Å². The number of rotatable bonds is 1. The van der Waals surface area contributed by atoms with Crippen molar-refractivity contribution in [3.8, 4) is 11.3 Å². The van der Waals surface area contributed by atoms with Crippen LogP contribution in [-0.4, -0.2) is 0 Å². The zero-order valence-corrected chi connectivity index (χ0v) is 15.4. The number of aromatic nitrogens is 1. The molecule has 0 amide bonds. The first-order valence-corrected chi connectivity index (χ1v) is 9.18. The number of hydrogen-bond donors (Lipinski definition) is 0. The summed E-state index contributed by atoms with van der Waals surface area (Å²) in [7, 11) is 2.13. The van der Waals surface area contributed by atoms with Crippen molar-refractivity contribution >= 4 is 11.8 Å². The highest BCUT2D eigenvalue weighted by atomic mass is 32.2. The second kappa shape index (κ2) is 5.49. The monoisotopic (exact) mass is 332 g/mol. The van der Waals surface area contributed by atoms with Crippen LogP contribution < -0.4 is 4.57 Å². The lowest BCUT2D eigenvalue weighted by atomic mass is 9.74. The van der Waals surface area contributed by atoms with Crippen molar-refractivity contribution in [2.24, 2.45) is 7.05 Å². The molecule has 3 aromatic rings. The number of pyridine rings is 1. The fourth-order valence-electron chi connectivity index (χ4n) is 3.83. The molecule has 0 spiro atoms. The quantitative estimate of drug-likeness (QED) is 0.549. The van der Waals surface area contributed by atoms with Gasteiger partial charge in [0.15, 0.2) is 6.20 Å². The summed E-state index contributed by atoms with van der Waals surface area (Å²) >= 11 is 1.90. The van der Waals surface area contributed by atoms with Crippen LogP contribution in [0, 0.1) is 6.92 Å². The van der Waals surface area contributed by atoms with Gasteiger partial charge in [0, 0.05) is 27.3 Å². The fourth-order valence-corrected chi connectivity index (χ4v) is 5.24. The van der Waals surface area contributed by atoms with E-state index in [0.717, 1.165) is 0 Å². The summed E-state index contributed by atoms with van der Waals surface area (Å²) in [4.78, 5) is 2.75. The Morgan fingerprint density at radius 2 is 1.62 bits per heavy atom. The summed E-state index contributed by atoms with van der Waals surface area (Å²) in [5.41, 5.74) is 6.86. The molecule has 4 rings (SSSR count). The lowest BCUT2D eigenvalue weighted by Crippen LogP contribution is -2.32. The number of benzene rings is 2. The van der Waals surface area contributed by atoms with Crippen LogP contribution in [0.3, 0.4) is 0 Å². The molecule has 0 aliphatic carbocycles. The number of nitrogens with zero attached hydrogens (tertiary/aromatic N) is 1. The summed E-state index contributed by atoms with van der Waals surface area (Å²) in [6, 6.07) is 19.8. The van der Waals surface area contributed by atoms with Crippen LogP contribution >= 0.6 is 11.8 Å². The van der Waals surface area contributed by atoms with E-state index < -0.39 is 0 Å². The minimum Gasteiger partial charge on any atom is -0.201 e. The summed E-state index contributed by atoms with van der Waals surface area (Å²) in [5.74, 6) is 0. The fraction of sp³-hybridized carbons (Fsp3) is 0.227. The second-order valence-electron chi connectivity index (χ2n) is 7.05. The first kappa shape index (κ1) is 15.5. The van der Waals surface area contributed by atoms with Gasteiger partial charge in [-0.25, -0.2) is 4.57 Å². The molecule has 24 heavy (non-hydrogen) atoms. The normalized spacial score (nSPS) is 14.8. The third-order valence-electron chi connectivity index (χ3n) is 5.09. The molecular weight excluding hydrogens is 310 g/mol. The molecule has 120 valence electrons. The average Bonchev–Trinajstić information content (AvgIpc) is 2.56. The highest BCUT2D eigenvalue weighted by Gasteiger charge is 2.37. The van der Waals surface area contributed by atoms with Crippen molar-refractivity contribution in [3.05, 3.63) is 77.5 Å². The molecule has 2 heteroatoms. The average molecular weight is 332 g/mol. The van der Waals surface area contributed by atoms with E-state index >= 15 is 0 Å². The molecule has 0 radical (unpaired) electrons. The standard InChI is InChI=1S/C22H22NS/c1-15-12-13-19-21(20(15)17-10-7-8-14-23(17)4)22(2,3)16-9-5-6-11-18(16)24-19/h5-14H,1-4H3/q+1. The molecule has 0 fully saturated rings. The van der Waals surface area contributed by atoms with Gasteiger partial charge in [-0.3, -0.25) is 0 Å². The van der Waals surface area contributed by atoms with Gasteiger partial charge < -0.3 is 0 Å². The van der Waals surface area contributed by atoms with Gasteiger partial charge in [0.2, 0.25) is 5.69 Å². The molecule has 1 nitrogen and oxygen atoms in total. The van der Waals surface area contributed by atoms with Gasteiger partial charge in [-0.1, -0.05) is 49.9 Å². The molecule has 0 saturated heterocycles. The van der Waals surface area contributed by atoms with Gasteiger partial charge in [0.05, 0.1) is 5.56 Å². The molecule has 2 heterocycles. The minimum absolute atomic E-state index is 0.0125. The Balaban J connectivity index is 2.06. The van der Waals surface area contributed by atoms with Crippen LogP contribution in [0.25, 0.3) is 11.3 Å². The maximum absolute atomic E-state index is 2.36. The molecule has 1 aromatic heterocycles. The van der Waals surface area contributed by atoms with Gasteiger partial charge in [-0.05, 0) is 41.8 Å². The van der Waals surface area contributed by atoms with Gasteiger partial charge >= 0.3 is 0 Å². The van der Waals surface area contributed by atoms with Crippen molar-refractivity contribution in [1.29, 1.82) is 0 Å². The Labute approximate surface area is 148 Å². The Morgan fingerprint density at radius 3 is 2.42 bits per heavy atom. The second-order valence-corrected chi connectivity index (χ2v) is 8.13. The molecule has 0 unspecified atom stereocenters. The number of aryl methyl sites for hydroxylation is 2. The third-order valence-corrected chi connectivity index (χ3v) is 6.23. The minimum atomic E-state index is -0.0125. The third kappa shape index (κ3) is 2.21. The molecule has 1 aliphatic heterocycles. The van der Waals surface area contributed by atoms with E-state index in [1.165, 1.54) is 37.7 Å². The Kier molecular flexibility index (Phi) is 3.54. The summed E-state index contributed by atoms with van der Waals surface area (Å²) in [6.07, 6.45) is 2.13. The van der Waals surface area contributed by atoms with Crippen molar-refractivity contribution in [1.82, 2.24) is 0 Å². The molecule has 1 aliphatic rings. The zero-order chi connectivity index (χ0) is 16.9. The van der Waals surface area contributed by atoms with Crippen LogP contribution in [-0.2, 0) is 12.5 Å². The van der Waals surface area contributed by atoms with Gasteiger partial charge in [0.25, 0.3) is 0 Å². The van der Waals surface area contributed by atoms with E-state index in [1.54, 1.807) is 0 Å². The SMILES string of the molecule is Cc1ccc2c(c1-c1cccc[n+]1C)C(C)(C)c1ccccc1S2. The summed E-state index contributed by atoms with van der Waals surface area (Å²) in [5, 5.41) is 0. The van der Waals surface area contributed by atoms with Crippen molar-refractivity contribution in [2.45, 2.75) is 36.0 Å². The molecule has 0 atom stereocenters. The predicted octanol–water partition coefficient (Wildman–Crippen LogP) is 5.28. The largest absolute Gasteiger partial charge is 0.212 e. The molecular formula is C22H22NS+. The topological polar surface area (TPSA) is 3.88 Å². The lowest BCUT2D eigenvalue weighted by molar-refractivity contribution is -0.660. The Bertz CT molecular complexity index is 940. The van der Waals surface area contributed by atoms with E-state index in [9.17, 15) is 0 Å². The van der Waals surface area contributed by atoms with E-state index in [4.69, 9.17) is 0 Å². The molecule has 0 saturated carbocycles. The van der Waals surface area contributed by atoms with Crippen LogP contribution in [0.1, 0.15) is 30.5 Å². The number of fused-ring (bicyclic) bond motifs is 2. The Hall–Kier alpha value is -2.06. The first-order valence-electron chi connectivity index (χ1n) is 8.36. The highest BCUT2D eigenvalue weighted by Crippen LogP contribution is 2.52. The van der Waals surface area contributed by atoms with Gasteiger partial charge in [0.1, 0.15) is 7.05 Å². The van der Waals surface area contributed by atoms with Crippen LogP contribution in [0.4, 0.5) is 0 Å². The smallest absolute Gasteiger partial charge is 0.201 e. The lowest BCUT2D eigenvalue weighted by Gasteiger charge is -2.36. The zero-order valence-electron chi connectivity index (χ0n) is 14.6. The summed E-state index contributed by atoms with van der Waals surface area (Å²) < 4.78 is 2.23. The first-order chi connectivity index (χ1) is 11.5. The number of hydrogen-bond acceptors (Lipinski definition) is 1. The van der Waals surface area contributed by atoms with Crippen molar-refractivity contribution < 1.29 is 4.57 Å². The highest BCUT2D eigenvalue weighted by molar-refractivity contribution is 7.99. The van der Waals surface area contributed by atoms with Gasteiger partial charge in [-0.15, -0.1) is 0 Å². The van der Waals surface area contributed by atoms with E-state index in [2.05, 4.69) is 93.2 Å². The Morgan fingerprint density at radius 1 is 0.875 bits per heavy atom. The molecule has 2 aromatic carbocycles. The molecule has 0 N–H and O–H groups in total. The maximum Gasteiger partial charge on any atom is 0.212 e.